The van der Waals surface area contributed by atoms with Crippen molar-refractivity contribution in [3.63, 3.8) is 0 Å². The third kappa shape index (κ3) is 3.35. The molecule has 106 valence electrons. The minimum absolute atomic E-state index is 0.214. The maximum absolute atomic E-state index is 4.40. The molecule has 0 aliphatic carbocycles. The predicted octanol–water partition coefficient (Wildman–Crippen LogP) is 3.12. The summed E-state index contributed by atoms with van der Waals surface area (Å²) in [6.07, 6.45) is 5.76. The number of pyridine rings is 1. The maximum Gasteiger partial charge on any atom is 0.0645 e. The van der Waals surface area contributed by atoms with Crippen LogP contribution in [0, 0.1) is 0 Å². The number of nitrogens with zero attached hydrogens (tertiary/aromatic N) is 3. The Kier molecular flexibility index (Phi) is 4.07. The van der Waals surface area contributed by atoms with Crippen LogP contribution in [-0.2, 0) is 6.54 Å². The molecule has 1 aromatic carbocycles. The molecule has 3 rings (SSSR count). The standard InChI is InChI=1S/C17H18N4/c1-14(17-9-5-6-10-18-17)19-11-15-12-20-21(13-15)16-7-3-2-4-8-16/h2-10,12-14,19H,11H2,1H3. The highest BCUT2D eigenvalue weighted by atomic mass is 15.3. The predicted molar refractivity (Wildman–Crippen MR) is 83.1 cm³/mol. The minimum atomic E-state index is 0.214. The van der Waals surface area contributed by atoms with E-state index in [-0.39, 0.29) is 6.04 Å². The van der Waals surface area contributed by atoms with Gasteiger partial charge < -0.3 is 5.32 Å². The fourth-order valence-electron chi connectivity index (χ4n) is 2.18. The molecule has 0 bridgehead atoms. The van der Waals surface area contributed by atoms with Crippen LogP contribution in [0.1, 0.15) is 24.2 Å². The van der Waals surface area contributed by atoms with Crippen molar-refractivity contribution < 1.29 is 0 Å². The molecule has 4 nitrogen and oxygen atoms in total. The topological polar surface area (TPSA) is 42.7 Å². The smallest absolute Gasteiger partial charge is 0.0645 e. The summed E-state index contributed by atoms with van der Waals surface area (Å²) in [6, 6.07) is 16.3. The van der Waals surface area contributed by atoms with Crippen LogP contribution in [0.2, 0.25) is 0 Å². The van der Waals surface area contributed by atoms with Crippen LogP contribution in [0.15, 0.2) is 67.1 Å². The summed E-state index contributed by atoms with van der Waals surface area (Å²) in [4.78, 5) is 4.36. The molecule has 3 aromatic rings. The Morgan fingerprint density at radius 3 is 2.67 bits per heavy atom. The molecule has 21 heavy (non-hydrogen) atoms. The van der Waals surface area contributed by atoms with E-state index < -0.39 is 0 Å². The van der Waals surface area contributed by atoms with Gasteiger partial charge in [0.05, 0.1) is 17.6 Å². The first kappa shape index (κ1) is 13.5. The van der Waals surface area contributed by atoms with Crippen LogP contribution >= 0.6 is 0 Å². The Bertz CT molecular complexity index is 676. The van der Waals surface area contributed by atoms with Crippen LogP contribution < -0.4 is 5.32 Å². The molecule has 1 unspecified atom stereocenters. The number of rotatable bonds is 5. The average molecular weight is 278 g/mol. The van der Waals surface area contributed by atoms with Crippen LogP contribution in [0.5, 0.6) is 0 Å². The lowest BCUT2D eigenvalue weighted by molar-refractivity contribution is 0.561. The lowest BCUT2D eigenvalue weighted by Gasteiger charge is -2.12. The van der Waals surface area contributed by atoms with E-state index in [0.717, 1.165) is 23.5 Å². The van der Waals surface area contributed by atoms with Gasteiger partial charge in [0.2, 0.25) is 0 Å². The van der Waals surface area contributed by atoms with E-state index in [4.69, 9.17) is 0 Å². The number of para-hydroxylation sites is 1. The molecule has 2 heterocycles. The van der Waals surface area contributed by atoms with Crippen molar-refractivity contribution in [1.82, 2.24) is 20.1 Å². The number of aromatic nitrogens is 3. The highest BCUT2D eigenvalue weighted by Crippen LogP contribution is 2.11. The Hall–Kier alpha value is -2.46. The molecule has 0 saturated heterocycles. The first-order chi connectivity index (χ1) is 10.3. The fraction of sp³-hybridized carbons (Fsp3) is 0.176. The summed E-state index contributed by atoms with van der Waals surface area (Å²) in [5.74, 6) is 0. The molecule has 0 spiro atoms. The van der Waals surface area contributed by atoms with E-state index in [1.54, 1.807) is 0 Å². The number of hydrogen-bond donors (Lipinski definition) is 1. The van der Waals surface area contributed by atoms with Gasteiger partial charge in [0.25, 0.3) is 0 Å². The largest absolute Gasteiger partial charge is 0.305 e. The van der Waals surface area contributed by atoms with Crippen molar-refractivity contribution in [1.29, 1.82) is 0 Å². The van der Waals surface area contributed by atoms with E-state index in [2.05, 4.69) is 22.3 Å². The Morgan fingerprint density at radius 1 is 1.10 bits per heavy atom. The van der Waals surface area contributed by atoms with Crippen molar-refractivity contribution >= 4 is 0 Å². The second-order valence-corrected chi connectivity index (χ2v) is 4.99. The molecule has 4 heteroatoms. The minimum Gasteiger partial charge on any atom is -0.305 e. The van der Waals surface area contributed by atoms with Gasteiger partial charge in [-0.25, -0.2) is 4.68 Å². The van der Waals surface area contributed by atoms with E-state index in [1.165, 1.54) is 0 Å². The van der Waals surface area contributed by atoms with Gasteiger partial charge in [-0.3, -0.25) is 4.98 Å². The summed E-state index contributed by atoms with van der Waals surface area (Å²) in [7, 11) is 0. The summed E-state index contributed by atoms with van der Waals surface area (Å²) in [5, 5.41) is 7.86. The van der Waals surface area contributed by atoms with Crippen molar-refractivity contribution in [2.24, 2.45) is 0 Å². The monoisotopic (exact) mass is 278 g/mol. The number of nitrogens with one attached hydrogen (secondary N) is 1. The molecule has 0 fully saturated rings. The van der Waals surface area contributed by atoms with E-state index in [9.17, 15) is 0 Å². The zero-order valence-corrected chi connectivity index (χ0v) is 12.0. The number of benzene rings is 1. The molecule has 1 atom stereocenters. The Balaban J connectivity index is 1.63. The van der Waals surface area contributed by atoms with E-state index >= 15 is 0 Å². The molecular weight excluding hydrogens is 260 g/mol. The quantitative estimate of drug-likeness (QED) is 0.779. The van der Waals surface area contributed by atoms with Crippen molar-refractivity contribution in [3.05, 3.63) is 78.4 Å². The molecular formula is C17H18N4. The lowest BCUT2D eigenvalue weighted by Crippen LogP contribution is -2.18. The molecule has 0 amide bonds. The molecule has 1 N–H and O–H groups in total. The summed E-state index contributed by atoms with van der Waals surface area (Å²) in [5.41, 5.74) is 3.27. The van der Waals surface area contributed by atoms with Gasteiger partial charge in [-0.15, -0.1) is 0 Å². The zero-order chi connectivity index (χ0) is 14.5. The first-order valence-electron chi connectivity index (χ1n) is 7.06. The summed E-state index contributed by atoms with van der Waals surface area (Å²) in [6.45, 7) is 2.88. The van der Waals surface area contributed by atoms with Crippen molar-refractivity contribution in [2.75, 3.05) is 0 Å². The van der Waals surface area contributed by atoms with Gasteiger partial charge in [0, 0.05) is 30.5 Å². The van der Waals surface area contributed by atoms with Gasteiger partial charge in [0.1, 0.15) is 0 Å². The maximum atomic E-state index is 4.40. The summed E-state index contributed by atoms with van der Waals surface area (Å²) < 4.78 is 1.89. The third-order valence-corrected chi connectivity index (χ3v) is 3.40. The van der Waals surface area contributed by atoms with Gasteiger partial charge in [-0.05, 0) is 31.2 Å². The van der Waals surface area contributed by atoms with Crippen LogP contribution in [0.25, 0.3) is 5.69 Å². The summed E-state index contributed by atoms with van der Waals surface area (Å²) >= 11 is 0. The molecule has 0 saturated carbocycles. The van der Waals surface area contributed by atoms with Crippen molar-refractivity contribution in [3.8, 4) is 5.69 Å². The SMILES string of the molecule is CC(NCc1cnn(-c2ccccc2)c1)c1ccccn1. The van der Waals surface area contributed by atoms with Gasteiger partial charge in [-0.1, -0.05) is 24.3 Å². The average Bonchev–Trinajstić information content (AvgIpc) is 3.03. The fourth-order valence-corrected chi connectivity index (χ4v) is 2.18. The van der Waals surface area contributed by atoms with Crippen molar-refractivity contribution in [2.45, 2.75) is 19.5 Å². The van der Waals surface area contributed by atoms with Gasteiger partial charge >= 0.3 is 0 Å². The Morgan fingerprint density at radius 2 is 1.90 bits per heavy atom. The number of hydrogen-bond acceptors (Lipinski definition) is 3. The van der Waals surface area contributed by atoms with Crippen LogP contribution in [-0.4, -0.2) is 14.8 Å². The highest BCUT2D eigenvalue weighted by Gasteiger charge is 2.06. The zero-order valence-electron chi connectivity index (χ0n) is 12.0. The second kappa shape index (κ2) is 6.33. The van der Waals surface area contributed by atoms with Crippen LogP contribution in [0.4, 0.5) is 0 Å². The van der Waals surface area contributed by atoms with Crippen LogP contribution in [0.3, 0.4) is 0 Å². The molecule has 0 radical (unpaired) electrons. The lowest BCUT2D eigenvalue weighted by atomic mass is 10.2. The molecule has 0 aliphatic heterocycles. The second-order valence-electron chi connectivity index (χ2n) is 4.99. The van der Waals surface area contributed by atoms with Gasteiger partial charge in [-0.2, -0.15) is 5.10 Å². The van der Waals surface area contributed by atoms with E-state index in [1.807, 2.05) is 71.8 Å². The third-order valence-electron chi connectivity index (χ3n) is 3.40. The van der Waals surface area contributed by atoms with Gasteiger partial charge in [0.15, 0.2) is 0 Å². The molecule has 0 aliphatic rings. The molecule has 2 aromatic heterocycles. The Labute approximate surface area is 124 Å². The highest BCUT2D eigenvalue weighted by molar-refractivity contribution is 5.30. The normalized spacial score (nSPS) is 12.2. The first-order valence-corrected chi connectivity index (χ1v) is 7.06. The van der Waals surface area contributed by atoms with E-state index in [0.29, 0.717) is 0 Å².